The number of fused-ring (bicyclic) bond motifs is 1. The van der Waals surface area contributed by atoms with Crippen molar-refractivity contribution in [3.63, 3.8) is 0 Å². The van der Waals surface area contributed by atoms with Crippen LogP contribution in [-0.2, 0) is 0 Å². The van der Waals surface area contributed by atoms with Gasteiger partial charge in [-0.2, -0.15) is 5.10 Å². The van der Waals surface area contributed by atoms with Gasteiger partial charge in [-0.3, -0.25) is 0 Å². The zero-order chi connectivity index (χ0) is 16.5. The van der Waals surface area contributed by atoms with E-state index in [1.165, 1.54) is 37.8 Å². The van der Waals surface area contributed by atoms with E-state index in [2.05, 4.69) is 20.0 Å². The summed E-state index contributed by atoms with van der Waals surface area (Å²) in [6.45, 7) is 3.98. The lowest BCUT2D eigenvalue weighted by atomic mass is 10.2. The normalized spacial score (nSPS) is 15.7. The Balaban J connectivity index is 1.86. The molecule has 0 unspecified atom stereocenters. The molecule has 3 heterocycles. The van der Waals surface area contributed by atoms with Crippen molar-refractivity contribution in [3.8, 4) is 5.69 Å². The molecular formula is C18H20FN5. The minimum Gasteiger partial charge on any atom is -0.356 e. The highest BCUT2D eigenvalue weighted by atomic mass is 19.1. The molecule has 1 fully saturated rings. The van der Waals surface area contributed by atoms with Crippen LogP contribution in [0, 0.1) is 12.7 Å². The van der Waals surface area contributed by atoms with Crippen LogP contribution in [0.3, 0.4) is 0 Å². The third-order valence-electron chi connectivity index (χ3n) is 4.58. The topological polar surface area (TPSA) is 46.8 Å². The average molecular weight is 325 g/mol. The SMILES string of the molecule is Cc1nn(-c2cccc(F)c2)c2ncnc(N3CCCCCC3)c12. The van der Waals surface area contributed by atoms with Crippen molar-refractivity contribution >= 4 is 16.9 Å². The van der Waals surface area contributed by atoms with Crippen molar-refractivity contribution in [2.45, 2.75) is 32.6 Å². The molecule has 2 aromatic heterocycles. The Kier molecular flexibility index (Phi) is 3.88. The Morgan fingerprint density at radius 1 is 1.04 bits per heavy atom. The molecule has 1 aliphatic heterocycles. The van der Waals surface area contributed by atoms with E-state index in [1.54, 1.807) is 17.1 Å². The summed E-state index contributed by atoms with van der Waals surface area (Å²) < 4.78 is 15.3. The van der Waals surface area contributed by atoms with E-state index >= 15 is 0 Å². The Labute approximate surface area is 140 Å². The number of halogens is 1. The predicted molar refractivity (Wildman–Crippen MR) is 92.0 cm³/mol. The number of rotatable bonds is 2. The van der Waals surface area contributed by atoms with Gasteiger partial charge < -0.3 is 4.90 Å². The molecule has 6 heteroatoms. The molecule has 0 saturated carbocycles. The predicted octanol–water partition coefficient (Wildman–Crippen LogP) is 3.64. The first-order valence-electron chi connectivity index (χ1n) is 8.45. The van der Waals surface area contributed by atoms with Gasteiger partial charge in [-0.15, -0.1) is 0 Å². The van der Waals surface area contributed by atoms with Gasteiger partial charge in [-0.05, 0) is 38.0 Å². The summed E-state index contributed by atoms with van der Waals surface area (Å²) >= 11 is 0. The van der Waals surface area contributed by atoms with Gasteiger partial charge in [0.15, 0.2) is 5.65 Å². The van der Waals surface area contributed by atoms with Crippen LogP contribution in [0.1, 0.15) is 31.4 Å². The highest BCUT2D eigenvalue weighted by Gasteiger charge is 2.20. The fourth-order valence-corrected chi connectivity index (χ4v) is 3.41. The van der Waals surface area contributed by atoms with Crippen LogP contribution in [-0.4, -0.2) is 32.8 Å². The van der Waals surface area contributed by atoms with Gasteiger partial charge in [0, 0.05) is 13.1 Å². The molecule has 1 aliphatic rings. The molecule has 0 atom stereocenters. The van der Waals surface area contributed by atoms with Crippen molar-refractivity contribution in [1.29, 1.82) is 0 Å². The van der Waals surface area contributed by atoms with Crippen molar-refractivity contribution in [1.82, 2.24) is 19.7 Å². The van der Waals surface area contributed by atoms with Crippen LogP contribution < -0.4 is 4.90 Å². The van der Waals surface area contributed by atoms with E-state index < -0.39 is 0 Å². The lowest BCUT2D eigenvalue weighted by molar-refractivity contribution is 0.625. The molecule has 0 radical (unpaired) electrons. The Bertz CT molecular complexity index is 865. The molecule has 4 rings (SSSR count). The number of benzene rings is 1. The second-order valence-electron chi connectivity index (χ2n) is 6.27. The standard InChI is InChI=1S/C18H20FN5/c1-13-16-17(23-9-4-2-3-5-10-23)20-12-21-18(16)24(22-13)15-8-6-7-14(19)11-15/h6-8,11-12H,2-5,9-10H2,1H3. The third kappa shape index (κ3) is 2.62. The molecule has 0 aliphatic carbocycles. The van der Waals surface area contributed by atoms with E-state index in [9.17, 15) is 4.39 Å². The molecule has 124 valence electrons. The van der Waals surface area contributed by atoms with E-state index in [-0.39, 0.29) is 5.82 Å². The summed E-state index contributed by atoms with van der Waals surface area (Å²) in [5, 5.41) is 5.56. The minimum absolute atomic E-state index is 0.282. The molecule has 0 spiro atoms. The number of aromatic nitrogens is 4. The molecular weight excluding hydrogens is 305 g/mol. The molecule has 0 amide bonds. The van der Waals surface area contributed by atoms with Crippen molar-refractivity contribution in [3.05, 3.63) is 42.1 Å². The van der Waals surface area contributed by atoms with Gasteiger partial charge in [0.2, 0.25) is 0 Å². The van der Waals surface area contributed by atoms with Crippen molar-refractivity contribution in [2.75, 3.05) is 18.0 Å². The maximum atomic E-state index is 13.6. The van der Waals surface area contributed by atoms with E-state index in [1.807, 2.05) is 13.0 Å². The van der Waals surface area contributed by atoms with Crippen LogP contribution in [0.25, 0.3) is 16.7 Å². The number of nitrogens with zero attached hydrogens (tertiary/aromatic N) is 5. The smallest absolute Gasteiger partial charge is 0.168 e. The van der Waals surface area contributed by atoms with Gasteiger partial charge in [0.05, 0.1) is 16.8 Å². The summed E-state index contributed by atoms with van der Waals surface area (Å²) in [4.78, 5) is 11.3. The van der Waals surface area contributed by atoms with Crippen LogP contribution in [0.5, 0.6) is 0 Å². The zero-order valence-electron chi connectivity index (χ0n) is 13.7. The van der Waals surface area contributed by atoms with Crippen LogP contribution in [0.15, 0.2) is 30.6 Å². The quantitative estimate of drug-likeness (QED) is 0.721. The summed E-state index contributed by atoms with van der Waals surface area (Å²) in [7, 11) is 0. The first-order chi connectivity index (χ1) is 11.7. The first-order valence-corrected chi connectivity index (χ1v) is 8.45. The molecule has 3 aromatic rings. The van der Waals surface area contributed by atoms with E-state index in [4.69, 9.17) is 0 Å². The fraction of sp³-hybridized carbons (Fsp3) is 0.389. The summed E-state index contributed by atoms with van der Waals surface area (Å²) in [5.41, 5.74) is 2.27. The summed E-state index contributed by atoms with van der Waals surface area (Å²) in [5.74, 6) is 0.664. The maximum absolute atomic E-state index is 13.6. The number of hydrogen-bond acceptors (Lipinski definition) is 4. The van der Waals surface area contributed by atoms with E-state index in [0.29, 0.717) is 5.69 Å². The first kappa shape index (κ1) is 15.1. The highest BCUT2D eigenvalue weighted by molar-refractivity contribution is 5.90. The van der Waals surface area contributed by atoms with Gasteiger partial charge in [-0.25, -0.2) is 19.0 Å². The zero-order valence-corrected chi connectivity index (χ0v) is 13.7. The monoisotopic (exact) mass is 325 g/mol. The second-order valence-corrected chi connectivity index (χ2v) is 6.27. The number of aryl methyl sites for hydroxylation is 1. The maximum Gasteiger partial charge on any atom is 0.168 e. The Hall–Kier alpha value is -2.50. The third-order valence-corrected chi connectivity index (χ3v) is 4.58. The second kappa shape index (κ2) is 6.19. The van der Waals surface area contributed by atoms with Gasteiger partial charge >= 0.3 is 0 Å². The Morgan fingerprint density at radius 3 is 2.58 bits per heavy atom. The summed E-state index contributed by atoms with van der Waals surface area (Å²) in [6.07, 6.45) is 6.49. The number of hydrogen-bond donors (Lipinski definition) is 0. The number of anilines is 1. The molecule has 0 bridgehead atoms. The van der Waals surface area contributed by atoms with Crippen LogP contribution in [0.2, 0.25) is 0 Å². The fourth-order valence-electron chi connectivity index (χ4n) is 3.41. The average Bonchev–Trinajstić information content (AvgIpc) is 2.77. The molecule has 24 heavy (non-hydrogen) atoms. The lowest BCUT2D eigenvalue weighted by Gasteiger charge is -2.21. The highest BCUT2D eigenvalue weighted by Crippen LogP contribution is 2.29. The molecule has 0 N–H and O–H groups in total. The molecule has 1 saturated heterocycles. The van der Waals surface area contributed by atoms with Crippen molar-refractivity contribution < 1.29 is 4.39 Å². The van der Waals surface area contributed by atoms with Gasteiger partial charge in [0.1, 0.15) is 18.0 Å². The van der Waals surface area contributed by atoms with Crippen LogP contribution in [0.4, 0.5) is 10.2 Å². The van der Waals surface area contributed by atoms with Crippen LogP contribution >= 0.6 is 0 Å². The Morgan fingerprint density at radius 2 is 1.83 bits per heavy atom. The van der Waals surface area contributed by atoms with Gasteiger partial charge in [-0.1, -0.05) is 18.9 Å². The molecule has 1 aromatic carbocycles. The summed E-state index contributed by atoms with van der Waals surface area (Å²) in [6, 6.07) is 6.42. The van der Waals surface area contributed by atoms with Crippen molar-refractivity contribution in [2.24, 2.45) is 0 Å². The molecule has 5 nitrogen and oxygen atoms in total. The largest absolute Gasteiger partial charge is 0.356 e. The minimum atomic E-state index is -0.282. The lowest BCUT2D eigenvalue weighted by Crippen LogP contribution is -2.25. The van der Waals surface area contributed by atoms with E-state index in [0.717, 1.165) is 35.6 Å². The van der Waals surface area contributed by atoms with Gasteiger partial charge in [0.25, 0.3) is 0 Å².